The van der Waals surface area contributed by atoms with Gasteiger partial charge in [0.15, 0.2) is 11.9 Å². The lowest BCUT2D eigenvalue weighted by Crippen LogP contribution is -2.63. The van der Waals surface area contributed by atoms with Gasteiger partial charge in [-0.25, -0.2) is 4.39 Å². The van der Waals surface area contributed by atoms with Crippen LogP contribution in [-0.2, 0) is 14.3 Å². The number of nitrogens with two attached hydrogens (primary N) is 1. The molecule has 20 heavy (non-hydrogen) atoms. The summed E-state index contributed by atoms with van der Waals surface area (Å²) in [4.78, 5) is 27.1. The van der Waals surface area contributed by atoms with E-state index >= 15 is 0 Å². The Bertz CT molecular complexity index is 598. The molecule has 1 spiro atoms. The monoisotopic (exact) mass is 280 g/mol. The second-order valence-electron chi connectivity index (χ2n) is 5.00. The molecule has 1 amide bonds. The number of halogens is 1. The summed E-state index contributed by atoms with van der Waals surface area (Å²) in [6.07, 6.45) is 1.24. The fraction of sp³-hybridized carbons (Fsp3) is 0.417. The van der Waals surface area contributed by atoms with Crippen LogP contribution in [-0.4, -0.2) is 35.9 Å². The number of ether oxygens (including phenoxy) is 1. The normalized spacial score (nSPS) is 35.5. The summed E-state index contributed by atoms with van der Waals surface area (Å²) >= 11 is 0. The van der Waals surface area contributed by atoms with Gasteiger partial charge >= 0.3 is 0 Å². The number of amidine groups is 1. The van der Waals surface area contributed by atoms with E-state index in [0.717, 1.165) is 6.08 Å². The molecule has 1 fully saturated rings. The number of carbonyl (C=O) groups is 2. The van der Waals surface area contributed by atoms with Crippen molar-refractivity contribution < 1.29 is 23.8 Å². The highest BCUT2D eigenvalue weighted by molar-refractivity contribution is 6.00. The van der Waals surface area contributed by atoms with Crippen LogP contribution >= 0.6 is 0 Å². The van der Waals surface area contributed by atoms with Gasteiger partial charge in [0.2, 0.25) is 5.78 Å². The average molecular weight is 280 g/mol. The number of hydrogen-bond donors (Lipinski definition) is 2. The molecule has 0 saturated carbocycles. The van der Waals surface area contributed by atoms with Gasteiger partial charge in [-0.3, -0.25) is 14.6 Å². The highest BCUT2D eigenvalue weighted by Gasteiger charge is 2.55. The number of nitrogens with zero attached hydrogens (tertiary/aromatic N) is 1. The molecular weight excluding hydrogens is 269 g/mol. The van der Waals surface area contributed by atoms with Crippen LogP contribution in [0.15, 0.2) is 28.7 Å². The zero-order valence-corrected chi connectivity index (χ0v) is 10.3. The number of allylic oxidation sites excluding steroid dienone is 3. The zero-order chi connectivity index (χ0) is 14.5. The maximum atomic E-state index is 13.5. The van der Waals surface area contributed by atoms with Gasteiger partial charge in [-0.05, 0) is 12.2 Å². The van der Waals surface area contributed by atoms with Gasteiger partial charge in [0.05, 0.1) is 12.1 Å². The standard InChI is InChI=1S/C12H12FN3O4/c13-5-1-2-6-8(9(5)17)12(4-15-11(19)16-12)3-7(20-6)10(14)18/h1-2,7-8H,3-4H2,(H2,14,18)(H2,15,16,19)/p-1. The number of Topliss-reactive ketones (excluding diaryl/α,β-unsaturated/α-hetero) is 1. The van der Waals surface area contributed by atoms with Crippen LogP contribution in [0.2, 0.25) is 0 Å². The molecule has 3 rings (SSSR count). The molecule has 0 radical (unpaired) electrons. The Balaban J connectivity index is 2.04. The Labute approximate surface area is 113 Å². The molecule has 0 bridgehead atoms. The van der Waals surface area contributed by atoms with Crippen LogP contribution in [0.3, 0.4) is 0 Å². The predicted molar refractivity (Wildman–Crippen MR) is 62.6 cm³/mol. The van der Waals surface area contributed by atoms with Crippen molar-refractivity contribution in [2.24, 2.45) is 16.6 Å². The minimum Gasteiger partial charge on any atom is -0.846 e. The quantitative estimate of drug-likeness (QED) is 0.591. The summed E-state index contributed by atoms with van der Waals surface area (Å²) in [5.41, 5.74) is 4.08. The van der Waals surface area contributed by atoms with E-state index in [9.17, 15) is 19.1 Å². The molecule has 2 aliphatic heterocycles. The van der Waals surface area contributed by atoms with Crippen LogP contribution in [0.25, 0.3) is 0 Å². The minimum atomic E-state index is -1.15. The van der Waals surface area contributed by atoms with Gasteiger partial charge in [-0.15, -0.1) is 0 Å². The van der Waals surface area contributed by atoms with Gasteiger partial charge in [0.1, 0.15) is 11.7 Å². The SMILES string of the molecule is NC(=O)C1CC2(CN=C([O-])N2)C2C(=O)C(F)=CC=C2O1. The maximum Gasteiger partial charge on any atom is 0.258 e. The molecule has 1 aliphatic carbocycles. The Morgan fingerprint density at radius 3 is 2.95 bits per heavy atom. The van der Waals surface area contributed by atoms with Gasteiger partial charge in [0.25, 0.3) is 5.91 Å². The van der Waals surface area contributed by atoms with E-state index in [2.05, 4.69) is 10.3 Å². The summed E-state index contributed by atoms with van der Waals surface area (Å²) in [6.45, 7) is -0.0278. The third kappa shape index (κ3) is 1.68. The maximum absolute atomic E-state index is 13.5. The van der Waals surface area contributed by atoms with Crippen LogP contribution < -0.4 is 16.2 Å². The Morgan fingerprint density at radius 2 is 2.35 bits per heavy atom. The van der Waals surface area contributed by atoms with Crippen molar-refractivity contribution in [1.29, 1.82) is 0 Å². The first-order chi connectivity index (χ1) is 9.43. The van der Waals surface area contributed by atoms with E-state index in [1.165, 1.54) is 6.08 Å². The molecule has 0 aromatic carbocycles. The zero-order valence-electron chi connectivity index (χ0n) is 10.3. The minimum absolute atomic E-state index is 0.0153. The second-order valence-corrected chi connectivity index (χ2v) is 5.00. The van der Waals surface area contributed by atoms with Crippen LogP contribution in [0.5, 0.6) is 0 Å². The molecule has 0 aromatic heterocycles. The van der Waals surface area contributed by atoms with Crippen LogP contribution in [0.1, 0.15) is 6.42 Å². The van der Waals surface area contributed by atoms with Crippen molar-refractivity contribution in [3.8, 4) is 0 Å². The van der Waals surface area contributed by atoms with Crippen molar-refractivity contribution in [2.75, 3.05) is 6.54 Å². The molecule has 106 valence electrons. The molecule has 3 unspecified atom stereocenters. The largest absolute Gasteiger partial charge is 0.846 e. The molecule has 2 heterocycles. The number of rotatable bonds is 1. The summed E-state index contributed by atoms with van der Waals surface area (Å²) in [5.74, 6) is -3.31. The molecule has 3 aliphatic rings. The lowest BCUT2D eigenvalue weighted by Gasteiger charge is -2.45. The fourth-order valence-electron chi connectivity index (χ4n) is 2.83. The number of nitrogens with one attached hydrogen (secondary N) is 1. The van der Waals surface area contributed by atoms with Crippen LogP contribution in [0, 0.1) is 5.92 Å². The van der Waals surface area contributed by atoms with Crippen molar-refractivity contribution >= 4 is 17.7 Å². The van der Waals surface area contributed by atoms with E-state index in [1.54, 1.807) is 0 Å². The number of aliphatic imine (C=N–C) groups is 1. The first kappa shape index (κ1) is 12.6. The van der Waals surface area contributed by atoms with E-state index in [-0.39, 0.29) is 18.7 Å². The Kier molecular flexibility index (Phi) is 2.56. The Morgan fingerprint density at radius 1 is 1.60 bits per heavy atom. The van der Waals surface area contributed by atoms with Crippen molar-refractivity contribution in [2.45, 2.75) is 18.1 Å². The van der Waals surface area contributed by atoms with Crippen molar-refractivity contribution in [3.63, 3.8) is 0 Å². The number of hydrogen-bond acceptors (Lipinski definition) is 6. The van der Waals surface area contributed by atoms with E-state index in [0.29, 0.717) is 0 Å². The Hall–Kier alpha value is -2.38. The number of ketones is 1. The number of fused-ring (bicyclic) bond motifs is 2. The second kappa shape index (κ2) is 4.06. The van der Waals surface area contributed by atoms with Gasteiger partial charge in [-0.1, -0.05) is 0 Å². The molecule has 8 heteroatoms. The summed E-state index contributed by atoms with van der Waals surface area (Å²) in [6, 6.07) is -0.600. The fourth-order valence-corrected chi connectivity index (χ4v) is 2.83. The predicted octanol–water partition coefficient (Wildman–Crippen LogP) is -1.74. The van der Waals surface area contributed by atoms with Gasteiger partial charge in [0, 0.05) is 12.4 Å². The number of amides is 1. The molecule has 3 atom stereocenters. The molecular formula is C12H11FN3O4-. The average Bonchev–Trinajstić information content (AvgIpc) is 2.75. The molecule has 7 nitrogen and oxygen atoms in total. The van der Waals surface area contributed by atoms with Gasteiger partial charge < -0.3 is 20.9 Å². The number of carbonyl (C=O) groups excluding carboxylic acids is 2. The molecule has 1 saturated heterocycles. The summed E-state index contributed by atoms with van der Waals surface area (Å²) in [7, 11) is 0. The van der Waals surface area contributed by atoms with E-state index < -0.39 is 41.1 Å². The highest BCUT2D eigenvalue weighted by atomic mass is 19.1. The molecule has 3 N–H and O–H groups in total. The van der Waals surface area contributed by atoms with E-state index in [4.69, 9.17) is 10.5 Å². The first-order valence-corrected chi connectivity index (χ1v) is 6.00. The summed E-state index contributed by atoms with van der Waals surface area (Å²) < 4.78 is 18.9. The van der Waals surface area contributed by atoms with Crippen LogP contribution in [0.4, 0.5) is 4.39 Å². The lowest BCUT2D eigenvalue weighted by atomic mass is 9.72. The van der Waals surface area contributed by atoms with E-state index in [1.807, 2.05) is 0 Å². The smallest absolute Gasteiger partial charge is 0.258 e. The van der Waals surface area contributed by atoms with Crippen molar-refractivity contribution in [1.82, 2.24) is 5.32 Å². The molecule has 0 aromatic rings. The lowest BCUT2D eigenvalue weighted by molar-refractivity contribution is -0.222. The third-order valence-corrected chi connectivity index (χ3v) is 3.73. The highest BCUT2D eigenvalue weighted by Crippen LogP contribution is 2.42. The first-order valence-electron chi connectivity index (χ1n) is 6.00. The van der Waals surface area contributed by atoms with Gasteiger partial charge in [-0.2, -0.15) is 0 Å². The topological polar surface area (TPSA) is 117 Å². The number of primary amides is 1. The van der Waals surface area contributed by atoms with Crippen molar-refractivity contribution in [3.05, 3.63) is 23.7 Å². The third-order valence-electron chi connectivity index (χ3n) is 3.73. The summed E-state index contributed by atoms with van der Waals surface area (Å²) in [5, 5.41) is 13.9.